The van der Waals surface area contributed by atoms with Gasteiger partial charge in [0.1, 0.15) is 30.0 Å². The van der Waals surface area contributed by atoms with Gasteiger partial charge in [-0.2, -0.15) is 10.1 Å². The smallest absolute Gasteiger partial charge is 0.226 e. The number of aromatic nitrogens is 3. The average molecular weight is 431 g/mol. The van der Waals surface area contributed by atoms with Gasteiger partial charge in [0.2, 0.25) is 5.95 Å². The van der Waals surface area contributed by atoms with E-state index in [0.29, 0.717) is 22.3 Å². The lowest BCUT2D eigenvalue weighted by molar-refractivity contribution is 0.222. The van der Waals surface area contributed by atoms with Gasteiger partial charge < -0.3 is 10.1 Å². The van der Waals surface area contributed by atoms with Gasteiger partial charge in [-0.25, -0.2) is 9.07 Å². The SMILES string of the molecule is Fc1ccccc1[C@@H]1C2=C(Nc3ncnn31)c1cc(Cl)ccc1O[C@H]2c1ccccc1. The molecule has 4 aromatic rings. The summed E-state index contributed by atoms with van der Waals surface area (Å²) in [5.41, 5.74) is 3.93. The molecule has 5 nitrogen and oxygen atoms in total. The number of halogens is 2. The summed E-state index contributed by atoms with van der Waals surface area (Å²) in [5.74, 6) is 0.919. The molecule has 2 aliphatic heterocycles. The monoisotopic (exact) mass is 430 g/mol. The van der Waals surface area contributed by atoms with Crippen molar-refractivity contribution >= 4 is 23.2 Å². The first-order valence-electron chi connectivity index (χ1n) is 9.87. The van der Waals surface area contributed by atoms with Crippen molar-refractivity contribution in [3.8, 4) is 5.75 Å². The predicted octanol–water partition coefficient (Wildman–Crippen LogP) is 5.63. The highest BCUT2D eigenvalue weighted by Crippen LogP contribution is 2.51. The number of hydrogen-bond donors (Lipinski definition) is 1. The van der Waals surface area contributed by atoms with Crippen LogP contribution in [0.2, 0.25) is 5.02 Å². The van der Waals surface area contributed by atoms with Crippen molar-refractivity contribution in [2.45, 2.75) is 12.1 Å². The summed E-state index contributed by atoms with van der Waals surface area (Å²) in [6.45, 7) is 0. The lowest BCUT2D eigenvalue weighted by atomic mass is 9.84. The number of ether oxygens (including phenoxy) is 1. The number of benzene rings is 3. The van der Waals surface area contributed by atoms with E-state index in [4.69, 9.17) is 16.3 Å². The molecule has 152 valence electrons. The topological polar surface area (TPSA) is 52.0 Å². The molecule has 31 heavy (non-hydrogen) atoms. The quantitative estimate of drug-likeness (QED) is 0.447. The van der Waals surface area contributed by atoms with Crippen LogP contribution >= 0.6 is 11.6 Å². The summed E-state index contributed by atoms with van der Waals surface area (Å²) in [7, 11) is 0. The van der Waals surface area contributed by atoms with E-state index < -0.39 is 12.1 Å². The van der Waals surface area contributed by atoms with Crippen molar-refractivity contribution in [2.75, 3.05) is 5.32 Å². The van der Waals surface area contributed by atoms with E-state index in [9.17, 15) is 0 Å². The minimum atomic E-state index is -0.535. The van der Waals surface area contributed by atoms with Crippen LogP contribution in [0.15, 0.2) is 84.7 Å². The zero-order valence-electron chi connectivity index (χ0n) is 16.2. The molecule has 0 radical (unpaired) electrons. The summed E-state index contributed by atoms with van der Waals surface area (Å²) in [6, 6.07) is 21.6. The van der Waals surface area contributed by atoms with Crippen LogP contribution in [0.25, 0.3) is 5.70 Å². The molecule has 0 saturated heterocycles. The highest BCUT2D eigenvalue weighted by molar-refractivity contribution is 6.30. The second-order valence-corrected chi connectivity index (χ2v) is 7.89. The Morgan fingerprint density at radius 1 is 1.00 bits per heavy atom. The Kier molecular flexibility index (Phi) is 4.07. The van der Waals surface area contributed by atoms with Gasteiger partial charge in [-0.1, -0.05) is 60.1 Å². The molecule has 0 spiro atoms. The third kappa shape index (κ3) is 2.83. The zero-order chi connectivity index (χ0) is 20.9. The maximum Gasteiger partial charge on any atom is 0.226 e. The highest BCUT2D eigenvalue weighted by Gasteiger charge is 2.41. The molecule has 1 aromatic heterocycles. The van der Waals surface area contributed by atoms with E-state index in [2.05, 4.69) is 15.4 Å². The second-order valence-electron chi connectivity index (χ2n) is 7.46. The number of nitrogens with one attached hydrogen (secondary N) is 1. The van der Waals surface area contributed by atoms with Crippen molar-refractivity contribution in [3.63, 3.8) is 0 Å². The Morgan fingerprint density at radius 3 is 2.65 bits per heavy atom. The van der Waals surface area contributed by atoms with Gasteiger partial charge in [0, 0.05) is 21.7 Å². The number of nitrogens with zero attached hydrogens (tertiary/aromatic N) is 3. The summed E-state index contributed by atoms with van der Waals surface area (Å²) in [5, 5.41) is 8.38. The molecule has 3 aromatic carbocycles. The largest absolute Gasteiger partial charge is 0.480 e. The first kappa shape index (κ1) is 18.2. The highest BCUT2D eigenvalue weighted by atomic mass is 35.5. The molecule has 2 atom stereocenters. The minimum absolute atomic E-state index is 0.314. The third-order valence-corrected chi connectivity index (χ3v) is 5.91. The van der Waals surface area contributed by atoms with E-state index >= 15 is 4.39 Å². The fourth-order valence-electron chi connectivity index (χ4n) is 4.34. The summed E-state index contributed by atoms with van der Waals surface area (Å²) in [4.78, 5) is 4.36. The number of rotatable bonds is 2. The minimum Gasteiger partial charge on any atom is -0.480 e. The van der Waals surface area contributed by atoms with Crippen molar-refractivity contribution in [2.24, 2.45) is 0 Å². The van der Waals surface area contributed by atoms with E-state index in [1.807, 2.05) is 48.5 Å². The van der Waals surface area contributed by atoms with Crippen LogP contribution in [0.4, 0.5) is 10.3 Å². The first-order chi connectivity index (χ1) is 15.2. The number of fused-ring (bicyclic) bond motifs is 3. The van der Waals surface area contributed by atoms with E-state index in [0.717, 1.165) is 22.4 Å². The van der Waals surface area contributed by atoms with Crippen LogP contribution in [0.5, 0.6) is 5.75 Å². The molecule has 0 aliphatic carbocycles. The van der Waals surface area contributed by atoms with Crippen LogP contribution in [0.3, 0.4) is 0 Å². The van der Waals surface area contributed by atoms with Crippen molar-refractivity contribution in [1.82, 2.24) is 14.8 Å². The molecule has 0 bridgehead atoms. The Bertz CT molecular complexity index is 1330. The van der Waals surface area contributed by atoms with E-state index in [-0.39, 0.29) is 5.82 Å². The van der Waals surface area contributed by atoms with Crippen LogP contribution in [-0.2, 0) is 0 Å². The molecule has 0 saturated carbocycles. The maximum atomic E-state index is 15.1. The molecule has 7 heteroatoms. The fourth-order valence-corrected chi connectivity index (χ4v) is 4.51. The van der Waals surface area contributed by atoms with Gasteiger partial charge in [-0.3, -0.25) is 0 Å². The van der Waals surface area contributed by atoms with Crippen LogP contribution in [0, 0.1) is 5.82 Å². The summed E-state index contributed by atoms with van der Waals surface area (Å²) < 4.78 is 23.2. The van der Waals surface area contributed by atoms with Gasteiger partial charge in [-0.05, 0) is 29.8 Å². The van der Waals surface area contributed by atoms with Crippen LogP contribution in [0.1, 0.15) is 28.8 Å². The zero-order valence-corrected chi connectivity index (χ0v) is 16.9. The van der Waals surface area contributed by atoms with Crippen LogP contribution in [-0.4, -0.2) is 14.8 Å². The van der Waals surface area contributed by atoms with Gasteiger partial charge in [0.15, 0.2) is 0 Å². The Morgan fingerprint density at radius 2 is 1.81 bits per heavy atom. The van der Waals surface area contributed by atoms with E-state index in [1.165, 1.54) is 12.4 Å². The summed E-state index contributed by atoms with van der Waals surface area (Å²) in [6.07, 6.45) is 1.02. The molecule has 0 unspecified atom stereocenters. The Hall–Kier alpha value is -3.64. The molecule has 2 aliphatic rings. The van der Waals surface area contributed by atoms with Gasteiger partial charge >= 0.3 is 0 Å². The van der Waals surface area contributed by atoms with Gasteiger partial charge in [-0.15, -0.1) is 0 Å². The first-order valence-corrected chi connectivity index (χ1v) is 10.2. The number of hydrogen-bond acceptors (Lipinski definition) is 4. The second kappa shape index (κ2) is 6.96. The van der Waals surface area contributed by atoms with Gasteiger partial charge in [0.25, 0.3) is 0 Å². The van der Waals surface area contributed by atoms with Gasteiger partial charge in [0.05, 0.1) is 5.70 Å². The number of anilines is 1. The molecule has 3 heterocycles. The lowest BCUT2D eigenvalue weighted by Crippen LogP contribution is -2.32. The molecular weight excluding hydrogens is 415 g/mol. The molecule has 0 amide bonds. The fraction of sp³-hybridized carbons (Fsp3) is 0.0833. The average Bonchev–Trinajstić information content (AvgIpc) is 3.27. The van der Waals surface area contributed by atoms with E-state index in [1.54, 1.807) is 22.9 Å². The molecule has 0 fully saturated rings. The Labute approximate surface area is 182 Å². The normalized spacial score (nSPS) is 19.0. The third-order valence-electron chi connectivity index (χ3n) is 5.68. The van der Waals surface area contributed by atoms with Crippen LogP contribution < -0.4 is 10.1 Å². The van der Waals surface area contributed by atoms with Crippen molar-refractivity contribution in [1.29, 1.82) is 0 Å². The Balaban J connectivity index is 1.67. The lowest BCUT2D eigenvalue weighted by Gasteiger charge is -2.39. The maximum absolute atomic E-state index is 15.1. The molecule has 1 N–H and O–H groups in total. The molecule has 6 rings (SSSR count). The predicted molar refractivity (Wildman–Crippen MR) is 116 cm³/mol. The summed E-state index contributed by atoms with van der Waals surface area (Å²) >= 11 is 6.32. The standard InChI is InChI=1S/C24H16ClFN4O/c25-15-10-11-19-17(12-15)21-20(23(31-19)14-6-2-1-3-7-14)22(16-8-4-5-9-18(16)26)30-24(29-21)27-13-28-30/h1-13,22-23H,(H,27,28,29)/t22-,23+/m1/s1. The van der Waals surface area contributed by atoms with Crippen molar-refractivity contribution < 1.29 is 9.13 Å². The molecular formula is C24H16ClFN4O. The van der Waals surface area contributed by atoms with Crippen molar-refractivity contribution in [3.05, 3.63) is 112 Å².